The third-order valence-corrected chi connectivity index (χ3v) is 7.45. The molecule has 4 rings (SSSR count). The number of rotatable bonds is 7. The molecule has 1 N–H and O–H groups in total. The quantitative estimate of drug-likeness (QED) is 0.593. The first-order valence-electron chi connectivity index (χ1n) is 10.8. The fourth-order valence-corrected chi connectivity index (χ4v) is 5.42. The largest absolute Gasteiger partial charge is 0.348 e. The number of hydrogen-bond donors (Lipinski definition) is 1. The van der Waals surface area contributed by atoms with Gasteiger partial charge in [0.15, 0.2) is 0 Å². The van der Waals surface area contributed by atoms with Crippen LogP contribution in [0.15, 0.2) is 66.1 Å². The molecular formula is C23H27N5O3S. The van der Waals surface area contributed by atoms with E-state index < -0.39 is 10.0 Å². The summed E-state index contributed by atoms with van der Waals surface area (Å²) in [6.45, 7) is 2.00. The first kappa shape index (κ1) is 22.2. The second-order valence-corrected chi connectivity index (χ2v) is 9.88. The summed E-state index contributed by atoms with van der Waals surface area (Å²) in [6.07, 6.45) is 6.99. The minimum Gasteiger partial charge on any atom is -0.348 e. The van der Waals surface area contributed by atoms with Gasteiger partial charge in [0.25, 0.3) is 5.91 Å². The third kappa shape index (κ3) is 5.41. The predicted octanol–water partition coefficient (Wildman–Crippen LogP) is 2.82. The van der Waals surface area contributed by atoms with Gasteiger partial charge in [-0.3, -0.25) is 4.79 Å². The minimum absolute atomic E-state index is 0.168. The molecule has 0 spiro atoms. The summed E-state index contributed by atoms with van der Waals surface area (Å²) in [5.74, 6) is -0.306. The molecule has 2 aromatic carbocycles. The Balaban J connectivity index is 1.42. The number of nitrogens with zero attached hydrogens (tertiary/aromatic N) is 4. The van der Waals surface area contributed by atoms with Gasteiger partial charge in [-0.1, -0.05) is 43.2 Å². The van der Waals surface area contributed by atoms with E-state index in [0.717, 1.165) is 36.8 Å². The lowest BCUT2D eigenvalue weighted by atomic mass is 10.1. The molecule has 168 valence electrons. The van der Waals surface area contributed by atoms with Crippen molar-refractivity contribution in [2.45, 2.75) is 43.7 Å². The van der Waals surface area contributed by atoms with E-state index >= 15 is 0 Å². The third-order valence-electron chi connectivity index (χ3n) is 5.55. The average Bonchev–Trinajstić information content (AvgIpc) is 3.15. The van der Waals surface area contributed by atoms with Crippen LogP contribution in [0.2, 0.25) is 0 Å². The second-order valence-electron chi connectivity index (χ2n) is 7.94. The summed E-state index contributed by atoms with van der Waals surface area (Å²) in [5, 5.41) is 6.99. The molecule has 1 aliphatic heterocycles. The standard InChI is InChI=1S/C23H27N5O3S/c29-23(25-15-19-7-5-8-20(13-19)16-27-18-24-17-26-27)21-9-6-10-22(14-21)32(30,31)28-11-3-1-2-4-12-28/h5-10,13-14,17-18H,1-4,11-12,15-16H2,(H,25,29). The maximum atomic E-state index is 13.0. The van der Waals surface area contributed by atoms with E-state index in [1.807, 2.05) is 24.3 Å². The zero-order valence-electron chi connectivity index (χ0n) is 17.9. The molecular weight excluding hydrogens is 426 g/mol. The minimum atomic E-state index is -3.60. The van der Waals surface area contributed by atoms with Crippen LogP contribution in [0, 0.1) is 0 Å². The number of carbonyl (C=O) groups is 1. The van der Waals surface area contributed by atoms with E-state index in [-0.39, 0.29) is 10.8 Å². The molecule has 0 radical (unpaired) electrons. The van der Waals surface area contributed by atoms with Crippen LogP contribution in [0.3, 0.4) is 0 Å². The summed E-state index contributed by atoms with van der Waals surface area (Å²) >= 11 is 0. The van der Waals surface area contributed by atoms with Gasteiger partial charge in [-0.15, -0.1) is 0 Å². The monoisotopic (exact) mass is 453 g/mol. The number of nitrogens with one attached hydrogen (secondary N) is 1. The molecule has 32 heavy (non-hydrogen) atoms. The molecule has 9 heteroatoms. The van der Waals surface area contributed by atoms with Gasteiger partial charge < -0.3 is 5.32 Å². The van der Waals surface area contributed by atoms with Gasteiger partial charge in [0, 0.05) is 25.2 Å². The fraction of sp³-hybridized carbons (Fsp3) is 0.348. The van der Waals surface area contributed by atoms with Crippen molar-refractivity contribution < 1.29 is 13.2 Å². The molecule has 1 aromatic heterocycles. The molecule has 2 heterocycles. The summed E-state index contributed by atoms with van der Waals surface area (Å²) in [6, 6.07) is 14.2. The maximum absolute atomic E-state index is 13.0. The van der Waals surface area contributed by atoms with Crippen molar-refractivity contribution in [1.82, 2.24) is 24.4 Å². The molecule has 0 saturated carbocycles. The smallest absolute Gasteiger partial charge is 0.251 e. The van der Waals surface area contributed by atoms with Gasteiger partial charge in [0.2, 0.25) is 10.0 Å². The van der Waals surface area contributed by atoms with E-state index in [2.05, 4.69) is 15.4 Å². The van der Waals surface area contributed by atoms with Gasteiger partial charge >= 0.3 is 0 Å². The Kier molecular flexibility index (Phi) is 6.96. The van der Waals surface area contributed by atoms with Crippen LogP contribution in [0.1, 0.15) is 47.2 Å². The van der Waals surface area contributed by atoms with E-state index in [4.69, 9.17) is 0 Å². The molecule has 1 fully saturated rings. The summed E-state index contributed by atoms with van der Waals surface area (Å²) in [4.78, 5) is 16.8. The van der Waals surface area contributed by atoms with Crippen LogP contribution >= 0.6 is 0 Å². The second kappa shape index (κ2) is 10.1. The molecule has 8 nitrogen and oxygen atoms in total. The molecule has 0 atom stereocenters. The van der Waals surface area contributed by atoms with Crippen molar-refractivity contribution in [2.75, 3.05) is 13.1 Å². The van der Waals surface area contributed by atoms with Crippen molar-refractivity contribution in [3.8, 4) is 0 Å². The van der Waals surface area contributed by atoms with Crippen molar-refractivity contribution >= 4 is 15.9 Å². The Morgan fingerprint density at radius 2 is 1.72 bits per heavy atom. The van der Waals surface area contributed by atoms with Crippen LogP contribution < -0.4 is 5.32 Å². The van der Waals surface area contributed by atoms with Crippen LogP contribution in [-0.2, 0) is 23.1 Å². The SMILES string of the molecule is O=C(NCc1cccc(Cn2cncn2)c1)c1cccc(S(=O)(=O)N2CCCCCC2)c1. The van der Waals surface area contributed by atoms with E-state index in [1.54, 1.807) is 29.2 Å². The highest BCUT2D eigenvalue weighted by Gasteiger charge is 2.25. The maximum Gasteiger partial charge on any atom is 0.251 e. The summed E-state index contributed by atoms with van der Waals surface area (Å²) in [7, 11) is -3.60. The lowest BCUT2D eigenvalue weighted by Crippen LogP contribution is -2.32. The number of hydrogen-bond acceptors (Lipinski definition) is 5. The van der Waals surface area contributed by atoms with E-state index in [9.17, 15) is 13.2 Å². The number of benzene rings is 2. The molecule has 3 aromatic rings. The average molecular weight is 454 g/mol. The van der Waals surface area contributed by atoms with Crippen LogP contribution in [0.4, 0.5) is 0 Å². The van der Waals surface area contributed by atoms with Crippen molar-refractivity contribution in [3.63, 3.8) is 0 Å². The van der Waals surface area contributed by atoms with Gasteiger partial charge in [-0.25, -0.2) is 18.1 Å². The molecule has 1 aliphatic rings. The number of sulfonamides is 1. The number of carbonyl (C=O) groups excluding carboxylic acids is 1. The zero-order chi connectivity index (χ0) is 22.4. The van der Waals surface area contributed by atoms with E-state index in [1.165, 1.54) is 16.7 Å². The Labute approximate surface area is 188 Å². The summed E-state index contributed by atoms with van der Waals surface area (Å²) in [5.41, 5.74) is 2.33. The Morgan fingerprint density at radius 1 is 0.969 bits per heavy atom. The molecule has 1 saturated heterocycles. The van der Waals surface area contributed by atoms with Gasteiger partial charge in [0.1, 0.15) is 12.7 Å². The van der Waals surface area contributed by atoms with Gasteiger partial charge in [-0.2, -0.15) is 9.40 Å². The lowest BCUT2D eigenvalue weighted by molar-refractivity contribution is 0.0950. The molecule has 1 amide bonds. The van der Waals surface area contributed by atoms with Crippen LogP contribution in [0.5, 0.6) is 0 Å². The summed E-state index contributed by atoms with van der Waals surface area (Å²) < 4.78 is 29.4. The Morgan fingerprint density at radius 3 is 2.47 bits per heavy atom. The Bertz CT molecular complexity index is 1150. The Hall–Kier alpha value is -3.04. The highest BCUT2D eigenvalue weighted by molar-refractivity contribution is 7.89. The number of aromatic nitrogens is 3. The zero-order valence-corrected chi connectivity index (χ0v) is 18.7. The van der Waals surface area contributed by atoms with E-state index in [0.29, 0.717) is 31.7 Å². The highest BCUT2D eigenvalue weighted by Crippen LogP contribution is 2.21. The molecule has 0 unspecified atom stereocenters. The van der Waals surface area contributed by atoms with Crippen LogP contribution in [-0.4, -0.2) is 46.5 Å². The highest BCUT2D eigenvalue weighted by atomic mass is 32.2. The lowest BCUT2D eigenvalue weighted by Gasteiger charge is -2.20. The molecule has 0 bridgehead atoms. The fourth-order valence-electron chi connectivity index (χ4n) is 3.85. The van der Waals surface area contributed by atoms with Crippen molar-refractivity contribution in [2.24, 2.45) is 0 Å². The van der Waals surface area contributed by atoms with Gasteiger partial charge in [-0.05, 0) is 42.2 Å². The topological polar surface area (TPSA) is 97.2 Å². The van der Waals surface area contributed by atoms with Crippen molar-refractivity contribution in [3.05, 3.63) is 77.9 Å². The van der Waals surface area contributed by atoms with Crippen LogP contribution in [0.25, 0.3) is 0 Å². The molecule has 0 aliphatic carbocycles. The first-order valence-corrected chi connectivity index (χ1v) is 12.2. The van der Waals surface area contributed by atoms with Gasteiger partial charge in [0.05, 0.1) is 11.4 Å². The normalized spacial score (nSPS) is 15.2. The van der Waals surface area contributed by atoms with Crippen molar-refractivity contribution in [1.29, 1.82) is 0 Å². The first-order chi connectivity index (χ1) is 15.5. The number of amides is 1. The predicted molar refractivity (Wildman–Crippen MR) is 120 cm³/mol.